The van der Waals surface area contributed by atoms with E-state index in [9.17, 15) is 4.79 Å². The minimum absolute atomic E-state index is 0.108. The molecule has 21 heavy (non-hydrogen) atoms. The van der Waals surface area contributed by atoms with Crippen LogP contribution < -0.4 is 5.32 Å². The van der Waals surface area contributed by atoms with Crippen LogP contribution in [0.15, 0.2) is 24.7 Å². The highest BCUT2D eigenvalue weighted by atomic mass is 16.5. The highest BCUT2D eigenvalue weighted by molar-refractivity contribution is 5.95. The number of pyridine rings is 1. The summed E-state index contributed by atoms with van der Waals surface area (Å²) in [5, 5.41) is 9.63. The zero-order valence-electron chi connectivity index (χ0n) is 11.7. The van der Waals surface area contributed by atoms with Crippen LogP contribution in [0.5, 0.6) is 0 Å². The maximum absolute atomic E-state index is 12.2. The highest BCUT2D eigenvalue weighted by Gasteiger charge is 2.32. The van der Waals surface area contributed by atoms with Crippen LogP contribution in [0.4, 0.5) is 0 Å². The van der Waals surface area contributed by atoms with Crippen molar-refractivity contribution in [2.24, 2.45) is 5.92 Å². The smallest absolute Gasteiger partial charge is 0.253 e. The summed E-state index contributed by atoms with van der Waals surface area (Å²) < 4.78 is 5.67. The number of nitrogens with one attached hydrogen (secondary N) is 2. The molecular formula is C14H17N5O2. The minimum Gasteiger partial charge on any atom is -0.370 e. The molecule has 1 saturated heterocycles. The first-order valence-corrected chi connectivity index (χ1v) is 6.92. The Kier molecular flexibility index (Phi) is 3.92. The minimum atomic E-state index is -0.136. The molecule has 2 aromatic heterocycles. The van der Waals surface area contributed by atoms with Gasteiger partial charge < -0.3 is 10.1 Å². The maximum Gasteiger partial charge on any atom is 0.253 e. The molecule has 0 bridgehead atoms. The van der Waals surface area contributed by atoms with Crippen molar-refractivity contribution in [3.8, 4) is 0 Å². The molecule has 2 N–H and O–H groups in total. The topological polar surface area (TPSA) is 92.8 Å². The number of ether oxygens (including phenoxy) is 1. The highest BCUT2D eigenvalue weighted by Crippen LogP contribution is 2.31. The number of aromatic amines is 1. The van der Waals surface area contributed by atoms with Gasteiger partial charge in [-0.15, -0.1) is 0 Å². The molecule has 0 unspecified atom stereocenters. The first-order chi connectivity index (χ1) is 10.3. The van der Waals surface area contributed by atoms with Gasteiger partial charge in [0.2, 0.25) is 0 Å². The third-order valence-electron chi connectivity index (χ3n) is 3.69. The predicted octanol–water partition coefficient (Wildman–Crippen LogP) is 1.02. The lowest BCUT2D eigenvalue weighted by atomic mass is 10.0. The molecule has 1 aliphatic heterocycles. The van der Waals surface area contributed by atoms with Gasteiger partial charge in [0.15, 0.2) is 5.82 Å². The van der Waals surface area contributed by atoms with Gasteiger partial charge >= 0.3 is 0 Å². The third kappa shape index (κ3) is 2.92. The van der Waals surface area contributed by atoms with Crippen LogP contribution in [0.3, 0.4) is 0 Å². The lowest BCUT2D eigenvalue weighted by Crippen LogP contribution is -2.31. The summed E-state index contributed by atoms with van der Waals surface area (Å²) in [5.41, 5.74) is 1.33. The molecule has 1 fully saturated rings. The lowest BCUT2D eigenvalue weighted by molar-refractivity contribution is 0.0798. The third-order valence-corrected chi connectivity index (χ3v) is 3.69. The Morgan fingerprint density at radius 1 is 1.52 bits per heavy atom. The summed E-state index contributed by atoms with van der Waals surface area (Å²) >= 11 is 0. The Bertz CT molecular complexity index is 614. The van der Waals surface area contributed by atoms with Crippen LogP contribution in [0.1, 0.15) is 34.4 Å². The fourth-order valence-electron chi connectivity index (χ4n) is 2.54. The Labute approximate surface area is 122 Å². The molecule has 7 heteroatoms. The summed E-state index contributed by atoms with van der Waals surface area (Å²) in [5.74, 6) is 0.798. The number of hydrogen-bond acceptors (Lipinski definition) is 5. The first kappa shape index (κ1) is 13.7. The fourth-order valence-corrected chi connectivity index (χ4v) is 2.54. The standard InChI is InChI=1S/C14H17N5O2/c1-9-11(3-2-5-15-9)14(20)16-7-10-4-6-21-12(10)13-17-8-18-19-13/h2-3,5,8,10,12H,4,6-7H2,1H3,(H,16,20)(H,17,18,19)/t10-,12-/m0/s1. The molecule has 1 amide bonds. The number of amides is 1. The van der Waals surface area contributed by atoms with E-state index in [0.29, 0.717) is 24.5 Å². The van der Waals surface area contributed by atoms with Gasteiger partial charge in [-0.05, 0) is 25.5 Å². The Hall–Kier alpha value is -2.28. The first-order valence-electron chi connectivity index (χ1n) is 6.92. The average Bonchev–Trinajstić information content (AvgIpc) is 3.16. The molecule has 2 aromatic rings. The number of rotatable bonds is 4. The summed E-state index contributed by atoms with van der Waals surface area (Å²) in [6.07, 6.45) is 3.89. The van der Waals surface area contributed by atoms with Gasteiger partial charge in [-0.2, -0.15) is 5.10 Å². The average molecular weight is 287 g/mol. The number of aromatic nitrogens is 4. The van der Waals surface area contributed by atoms with Gasteiger partial charge in [-0.25, -0.2) is 4.98 Å². The van der Waals surface area contributed by atoms with E-state index in [4.69, 9.17) is 4.74 Å². The van der Waals surface area contributed by atoms with E-state index in [0.717, 1.165) is 12.1 Å². The van der Waals surface area contributed by atoms with E-state index in [1.165, 1.54) is 6.33 Å². The van der Waals surface area contributed by atoms with Gasteiger partial charge in [-0.3, -0.25) is 14.9 Å². The number of carbonyl (C=O) groups excluding carboxylic acids is 1. The normalized spacial score (nSPS) is 21.4. The molecule has 0 radical (unpaired) electrons. The Morgan fingerprint density at radius 2 is 2.43 bits per heavy atom. The van der Waals surface area contributed by atoms with E-state index in [1.54, 1.807) is 18.3 Å². The van der Waals surface area contributed by atoms with Crippen molar-refractivity contribution >= 4 is 5.91 Å². The monoisotopic (exact) mass is 287 g/mol. The number of hydrogen-bond donors (Lipinski definition) is 2. The van der Waals surface area contributed by atoms with Crippen LogP contribution in [-0.4, -0.2) is 39.2 Å². The summed E-state index contributed by atoms with van der Waals surface area (Å²) in [6.45, 7) is 3.03. The summed E-state index contributed by atoms with van der Waals surface area (Å²) in [7, 11) is 0. The number of nitrogens with zero attached hydrogens (tertiary/aromatic N) is 3. The maximum atomic E-state index is 12.2. The van der Waals surface area contributed by atoms with Crippen LogP contribution in [0.25, 0.3) is 0 Å². The van der Waals surface area contributed by atoms with Crippen molar-refractivity contribution in [1.29, 1.82) is 0 Å². The Balaban J connectivity index is 1.62. The predicted molar refractivity (Wildman–Crippen MR) is 74.5 cm³/mol. The second kappa shape index (κ2) is 6.01. The molecule has 0 aromatic carbocycles. The molecule has 7 nitrogen and oxygen atoms in total. The van der Waals surface area contributed by atoms with E-state index in [2.05, 4.69) is 25.5 Å². The molecule has 0 aliphatic carbocycles. The molecule has 1 aliphatic rings. The second-order valence-electron chi connectivity index (χ2n) is 5.06. The van der Waals surface area contributed by atoms with E-state index in [-0.39, 0.29) is 17.9 Å². The molecule has 0 saturated carbocycles. The van der Waals surface area contributed by atoms with Crippen molar-refractivity contribution in [3.05, 3.63) is 41.7 Å². The number of aryl methyl sites for hydroxylation is 1. The van der Waals surface area contributed by atoms with Gasteiger partial charge in [-0.1, -0.05) is 0 Å². The molecule has 3 heterocycles. The molecule has 2 atom stereocenters. The Morgan fingerprint density at radius 3 is 3.19 bits per heavy atom. The summed E-state index contributed by atoms with van der Waals surface area (Å²) in [4.78, 5) is 20.4. The van der Waals surface area contributed by atoms with Crippen molar-refractivity contribution in [3.63, 3.8) is 0 Å². The summed E-state index contributed by atoms with van der Waals surface area (Å²) in [6, 6.07) is 3.54. The van der Waals surface area contributed by atoms with Crippen LogP contribution in [0, 0.1) is 12.8 Å². The van der Waals surface area contributed by atoms with Crippen molar-refractivity contribution < 1.29 is 9.53 Å². The largest absolute Gasteiger partial charge is 0.370 e. The van der Waals surface area contributed by atoms with E-state index in [1.807, 2.05) is 6.92 Å². The van der Waals surface area contributed by atoms with Crippen molar-refractivity contribution in [2.45, 2.75) is 19.4 Å². The molecular weight excluding hydrogens is 270 g/mol. The van der Waals surface area contributed by atoms with Gasteiger partial charge in [0.25, 0.3) is 5.91 Å². The number of H-pyrrole nitrogens is 1. The zero-order chi connectivity index (χ0) is 14.7. The molecule has 110 valence electrons. The quantitative estimate of drug-likeness (QED) is 0.875. The van der Waals surface area contributed by atoms with Crippen molar-refractivity contribution in [1.82, 2.24) is 25.5 Å². The van der Waals surface area contributed by atoms with Crippen molar-refractivity contribution in [2.75, 3.05) is 13.2 Å². The molecule has 3 rings (SSSR count). The zero-order valence-corrected chi connectivity index (χ0v) is 11.7. The lowest BCUT2D eigenvalue weighted by Gasteiger charge is -2.17. The van der Waals surface area contributed by atoms with Gasteiger partial charge in [0.05, 0.1) is 5.56 Å². The molecule has 0 spiro atoms. The van der Waals surface area contributed by atoms with Crippen LogP contribution in [0.2, 0.25) is 0 Å². The number of carbonyl (C=O) groups is 1. The van der Waals surface area contributed by atoms with E-state index < -0.39 is 0 Å². The van der Waals surface area contributed by atoms with Gasteiger partial charge in [0, 0.05) is 31.0 Å². The second-order valence-corrected chi connectivity index (χ2v) is 5.06. The fraction of sp³-hybridized carbons (Fsp3) is 0.429. The van der Waals surface area contributed by atoms with Crippen LogP contribution in [-0.2, 0) is 4.74 Å². The van der Waals surface area contributed by atoms with Crippen LogP contribution >= 0.6 is 0 Å². The SMILES string of the molecule is Cc1ncccc1C(=O)NC[C@@H]1CCO[C@@H]1c1ncn[nH]1. The van der Waals surface area contributed by atoms with Gasteiger partial charge in [0.1, 0.15) is 12.4 Å². The van der Waals surface area contributed by atoms with E-state index >= 15 is 0 Å².